The molecule has 0 aliphatic carbocycles. The maximum absolute atomic E-state index is 13.7. The van der Waals surface area contributed by atoms with Gasteiger partial charge in [0.15, 0.2) is 5.78 Å². The topological polar surface area (TPSA) is 192 Å². The predicted octanol–water partition coefficient (Wildman–Crippen LogP) is 5.89. The number of fused-ring (bicyclic) bond motifs is 2. The zero-order chi connectivity index (χ0) is 43.8. The van der Waals surface area contributed by atoms with E-state index in [1.165, 1.54) is 25.6 Å². The van der Waals surface area contributed by atoms with Crippen LogP contribution in [0.4, 0.5) is 21.6 Å². The van der Waals surface area contributed by atoms with Crippen molar-refractivity contribution < 1.29 is 37.9 Å². The average molecular weight is 867 g/mol. The van der Waals surface area contributed by atoms with E-state index in [0.29, 0.717) is 58.9 Å². The number of carbonyl (C=O) groups excluding carboxylic acids is 6. The van der Waals surface area contributed by atoms with E-state index in [2.05, 4.69) is 36.1 Å². The normalized spacial score (nSPS) is 17.1. The van der Waals surface area contributed by atoms with E-state index in [4.69, 9.17) is 16.3 Å². The molecule has 2 fully saturated rings. The van der Waals surface area contributed by atoms with Crippen molar-refractivity contribution in [3.8, 4) is 5.75 Å². The van der Waals surface area contributed by atoms with E-state index in [9.17, 15) is 33.2 Å². The van der Waals surface area contributed by atoms with Gasteiger partial charge in [-0.1, -0.05) is 36.6 Å². The fourth-order valence-electron chi connectivity index (χ4n) is 8.06. The molecule has 324 valence electrons. The molecule has 0 spiro atoms. The van der Waals surface area contributed by atoms with Crippen LogP contribution in [0.2, 0.25) is 5.02 Å². The predicted molar refractivity (Wildman–Crippen MR) is 231 cm³/mol. The number of piperidine rings is 2. The van der Waals surface area contributed by atoms with Crippen molar-refractivity contribution in [2.45, 2.75) is 76.3 Å². The van der Waals surface area contributed by atoms with Crippen molar-refractivity contribution in [1.82, 2.24) is 30.4 Å². The number of methoxy groups -OCH3 is 1. The number of hydrogen-bond donors (Lipinski definition) is 4. The Morgan fingerprint density at radius 2 is 1.79 bits per heavy atom. The van der Waals surface area contributed by atoms with Gasteiger partial charge in [-0.05, 0) is 74.6 Å². The van der Waals surface area contributed by atoms with Crippen LogP contribution in [0, 0.1) is 5.82 Å². The molecule has 7 rings (SSSR count). The van der Waals surface area contributed by atoms with Gasteiger partial charge in [0.25, 0.3) is 11.8 Å². The highest BCUT2D eigenvalue weighted by Gasteiger charge is 2.45. The largest absolute Gasteiger partial charge is 0.496 e. The molecule has 5 amide bonds. The monoisotopic (exact) mass is 866 g/mol. The van der Waals surface area contributed by atoms with Crippen LogP contribution in [0.15, 0.2) is 67.0 Å². The van der Waals surface area contributed by atoms with Crippen LogP contribution in [0.5, 0.6) is 5.75 Å². The first-order chi connectivity index (χ1) is 30.0. The highest BCUT2D eigenvalue weighted by molar-refractivity contribution is 6.31. The Hall–Kier alpha value is -6.26. The number of ether oxygens (including phenoxy) is 1. The molecule has 4 N–H and O–H groups in total. The number of hydrogen-bond acceptors (Lipinski definition) is 12. The van der Waals surface area contributed by atoms with Gasteiger partial charge in [-0.25, -0.2) is 14.4 Å². The summed E-state index contributed by atoms with van der Waals surface area (Å²) in [6.45, 7) is 2.77. The highest BCUT2D eigenvalue weighted by atomic mass is 35.5. The van der Waals surface area contributed by atoms with Crippen molar-refractivity contribution in [2.75, 3.05) is 43.9 Å². The van der Waals surface area contributed by atoms with Crippen LogP contribution < -0.4 is 26.0 Å². The van der Waals surface area contributed by atoms with Crippen molar-refractivity contribution in [1.29, 1.82) is 0 Å². The summed E-state index contributed by atoms with van der Waals surface area (Å²) in [5, 5.41) is 12.4. The molecule has 3 aliphatic rings. The van der Waals surface area contributed by atoms with E-state index in [-0.39, 0.29) is 53.1 Å². The SMILES string of the molecule is COc1cc2ncnc(Nc3ccc(F)c(Cl)c3)c2cc1CC(=O)/C=C/CN1CCC(NC(=O)CCCCCCNc2cccc3c2C(=O)N(C2CCC(=O)NC2=O)C3=O)CC1. The van der Waals surface area contributed by atoms with Gasteiger partial charge in [-0.2, -0.15) is 0 Å². The zero-order valence-electron chi connectivity index (χ0n) is 34.3. The van der Waals surface area contributed by atoms with Gasteiger partial charge in [0.05, 0.1) is 28.8 Å². The number of rotatable bonds is 18. The number of unbranched alkanes of at least 4 members (excludes halogenated alkanes) is 3. The number of carbonyl (C=O) groups is 6. The molecule has 0 bridgehead atoms. The molecule has 3 aliphatic heterocycles. The number of benzene rings is 3. The summed E-state index contributed by atoms with van der Waals surface area (Å²) in [5.41, 5.74) is 2.83. The molecule has 1 atom stereocenters. The summed E-state index contributed by atoms with van der Waals surface area (Å²) in [4.78, 5) is 88.1. The smallest absolute Gasteiger partial charge is 0.264 e. The fraction of sp³-hybridized carbons (Fsp3) is 0.378. The van der Waals surface area contributed by atoms with Crippen LogP contribution in [-0.4, -0.2) is 100 Å². The number of ketones is 1. The average Bonchev–Trinajstić information content (AvgIpc) is 3.51. The van der Waals surface area contributed by atoms with Crippen molar-refractivity contribution >= 4 is 75.0 Å². The lowest BCUT2D eigenvalue weighted by Crippen LogP contribution is -2.54. The number of imide groups is 2. The van der Waals surface area contributed by atoms with E-state index in [1.807, 2.05) is 12.1 Å². The maximum Gasteiger partial charge on any atom is 0.264 e. The number of allylic oxidation sites excluding steroid dienone is 1. The lowest BCUT2D eigenvalue weighted by molar-refractivity contribution is -0.136. The van der Waals surface area contributed by atoms with Gasteiger partial charge in [0.1, 0.15) is 29.8 Å². The quantitative estimate of drug-likeness (QED) is 0.0528. The first kappa shape index (κ1) is 43.8. The minimum atomic E-state index is -1.01. The lowest BCUT2D eigenvalue weighted by atomic mass is 10.0. The summed E-state index contributed by atoms with van der Waals surface area (Å²) in [6.07, 6.45) is 10.5. The summed E-state index contributed by atoms with van der Waals surface area (Å²) >= 11 is 5.96. The van der Waals surface area contributed by atoms with E-state index < -0.39 is 35.5 Å². The van der Waals surface area contributed by atoms with Crippen molar-refractivity contribution in [3.63, 3.8) is 0 Å². The van der Waals surface area contributed by atoms with Gasteiger partial charge in [0.2, 0.25) is 17.7 Å². The van der Waals surface area contributed by atoms with E-state index in [1.54, 1.807) is 36.4 Å². The molecule has 2 saturated heterocycles. The second kappa shape index (κ2) is 20.1. The molecule has 62 heavy (non-hydrogen) atoms. The van der Waals surface area contributed by atoms with Gasteiger partial charge < -0.3 is 20.7 Å². The second-order valence-corrected chi connectivity index (χ2v) is 16.0. The zero-order valence-corrected chi connectivity index (χ0v) is 35.1. The second-order valence-electron chi connectivity index (χ2n) is 15.6. The Morgan fingerprint density at radius 1 is 0.984 bits per heavy atom. The van der Waals surface area contributed by atoms with E-state index >= 15 is 0 Å². The number of nitrogens with zero attached hydrogens (tertiary/aromatic N) is 4. The van der Waals surface area contributed by atoms with Gasteiger partial charge in [0, 0.05) is 79.9 Å². The first-order valence-electron chi connectivity index (χ1n) is 20.8. The third-order valence-electron chi connectivity index (χ3n) is 11.3. The lowest BCUT2D eigenvalue weighted by Gasteiger charge is -2.31. The number of anilines is 3. The number of halogens is 2. The molecule has 15 nitrogen and oxygen atoms in total. The molecule has 3 aromatic carbocycles. The Morgan fingerprint density at radius 3 is 2.56 bits per heavy atom. The fourth-order valence-corrected chi connectivity index (χ4v) is 8.24. The minimum Gasteiger partial charge on any atom is -0.496 e. The Kier molecular flexibility index (Phi) is 14.2. The molecule has 1 aromatic heterocycles. The third kappa shape index (κ3) is 10.4. The first-order valence-corrected chi connectivity index (χ1v) is 21.2. The molecule has 4 heterocycles. The van der Waals surface area contributed by atoms with Gasteiger partial charge in [-0.15, -0.1) is 0 Å². The van der Waals surface area contributed by atoms with Gasteiger partial charge >= 0.3 is 0 Å². The van der Waals surface area contributed by atoms with Crippen molar-refractivity contribution in [2.24, 2.45) is 0 Å². The van der Waals surface area contributed by atoms with Crippen LogP contribution in [0.1, 0.15) is 84.1 Å². The molecule has 1 unspecified atom stereocenters. The molecule has 0 radical (unpaired) electrons. The highest BCUT2D eigenvalue weighted by Crippen LogP contribution is 2.33. The molecular weight excluding hydrogens is 819 g/mol. The molecular formula is C45H48ClFN8O7. The Bertz CT molecular complexity index is 2420. The molecule has 17 heteroatoms. The maximum atomic E-state index is 13.7. The number of nitrogens with one attached hydrogen (secondary N) is 4. The molecule has 0 saturated carbocycles. The standard InChI is InChI=1S/C45H48ClFN8O7/c1-62-38-25-36-32(42(50-26-49-36)52-29-12-13-34(47)33(46)24-29)23-27(38)22-30(56)8-7-19-54-20-16-28(17-21-54)51-39(57)11-4-2-3-5-18-48-35-10-6-9-31-41(35)45(61)55(44(31)60)37-14-15-40(58)53-43(37)59/h6-10,12-13,23-26,28,37,48H,2-5,11,14-22H2,1H3,(H,51,57)(H,49,50,52)(H,53,58,59)/b8-7+. The Labute approximate surface area is 362 Å². The number of amides is 5. The summed E-state index contributed by atoms with van der Waals surface area (Å²) in [7, 11) is 1.54. The van der Waals surface area contributed by atoms with Crippen LogP contribution in [0.25, 0.3) is 10.9 Å². The van der Waals surface area contributed by atoms with Crippen LogP contribution in [-0.2, 0) is 25.6 Å². The van der Waals surface area contributed by atoms with Crippen LogP contribution >= 0.6 is 11.6 Å². The van der Waals surface area contributed by atoms with E-state index in [0.717, 1.165) is 56.5 Å². The minimum absolute atomic E-state index is 0.0206. The van der Waals surface area contributed by atoms with Gasteiger partial charge in [-0.3, -0.25) is 43.9 Å². The number of likely N-dealkylation sites (tertiary alicyclic amines) is 1. The van der Waals surface area contributed by atoms with Crippen LogP contribution in [0.3, 0.4) is 0 Å². The van der Waals surface area contributed by atoms with Crippen molar-refractivity contribution in [3.05, 3.63) is 94.5 Å². The number of aromatic nitrogens is 2. The summed E-state index contributed by atoms with van der Waals surface area (Å²) in [6, 6.07) is 12.0. The summed E-state index contributed by atoms with van der Waals surface area (Å²) < 4.78 is 19.3. The Balaban J connectivity index is 0.785. The summed E-state index contributed by atoms with van der Waals surface area (Å²) in [5.74, 6) is -1.72. The molecule has 4 aromatic rings. The third-order valence-corrected chi connectivity index (χ3v) is 11.6.